The number of hydrogen-bond acceptors (Lipinski definition) is 5. The van der Waals surface area contributed by atoms with Crippen LogP contribution in [0.4, 0.5) is 18.3 Å². The van der Waals surface area contributed by atoms with E-state index in [4.69, 9.17) is 5.21 Å². The standard InChI is InChI=1S/C12H8F3N3O2S/c1-5(18-20)9-4-21-12(16-9)17-11(19)10-7(14)2-6(13)3-8(10)15/h2-4,20H,1H3,(H,16,17,19). The lowest BCUT2D eigenvalue weighted by Gasteiger charge is -2.04. The molecular formula is C12H8F3N3O2S. The number of rotatable bonds is 3. The van der Waals surface area contributed by atoms with Crippen molar-refractivity contribution in [3.8, 4) is 0 Å². The fraction of sp³-hybridized carbons (Fsp3) is 0.0833. The Balaban J connectivity index is 2.25. The topological polar surface area (TPSA) is 74.6 Å². The lowest BCUT2D eigenvalue weighted by molar-refractivity contribution is 0.101. The van der Waals surface area contributed by atoms with E-state index in [1.165, 1.54) is 12.3 Å². The molecule has 0 aliphatic heterocycles. The Hall–Kier alpha value is -2.42. The van der Waals surface area contributed by atoms with Gasteiger partial charge in [0.2, 0.25) is 0 Å². The number of benzene rings is 1. The van der Waals surface area contributed by atoms with E-state index in [0.29, 0.717) is 17.8 Å². The second-order valence-electron chi connectivity index (χ2n) is 3.92. The van der Waals surface area contributed by atoms with Gasteiger partial charge in [-0.25, -0.2) is 18.2 Å². The smallest absolute Gasteiger partial charge is 0.263 e. The molecule has 0 saturated carbocycles. The molecule has 0 saturated heterocycles. The van der Waals surface area contributed by atoms with E-state index in [2.05, 4.69) is 15.5 Å². The molecule has 0 fully saturated rings. The molecule has 9 heteroatoms. The Morgan fingerprint density at radius 3 is 2.52 bits per heavy atom. The third-order valence-corrected chi connectivity index (χ3v) is 3.24. The van der Waals surface area contributed by atoms with Crippen LogP contribution in [0.2, 0.25) is 0 Å². The summed E-state index contributed by atoms with van der Waals surface area (Å²) >= 11 is 0.977. The first kappa shape index (κ1) is 15.0. The van der Waals surface area contributed by atoms with Crippen LogP contribution in [-0.4, -0.2) is 21.8 Å². The molecular weight excluding hydrogens is 307 g/mol. The van der Waals surface area contributed by atoms with Crippen LogP contribution >= 0.6 is 11.3 Å². The fourth-order valence-corrected chi connectivity index (χ4v) is 2.22. The lowest BCUT2D eigenvalue weighted by Crippen LogP contribution is -2.16. The molecule has 21 heavy (non-hydrogen) atoms. The van der Waals surface area contributed by atoms with Crippen LogP contribution in [0, 0.1) is 17.5 Å². The van der Waals surface area contributed by atoms with Crippen molar-refractivity contribution in [2.45, 2.75) is 6.92 Å². The van der Waals surface area contributed by atoms with Crippen LogP contribution in [0.1, 0.15) is 23.0 Å². The van der Waals surface area contributed by atoms with Gasteiger partial charge in [-0.05, 0) is 6.92 Å². The molecule has 5 nitrogen and oxygen atoms in total. The first-order valence-corrected chi connectivity index (χ1v) is 6.40. The van der Waals surface area contributed by atoms with E-state index in [1.807, 2.05) is 0 Å². The van der Waals surface area contributed by atoms with Gasteiger partial charge in [0.15, 0.2) is 5.13 Å². The van der Waals surface area contributed by atoms with Crippen LogP contribution in [0.15, 0.2) is 22.7 Å². The number of carbonyl (C=O) groups is 1. The third kappa shape index (κ3) is 3.19. The Bertz CT molecular complexity index is 707. The molecule has 0 bridgehead atoms. The minimum Gasteiger partial charge on any atom is -0.411 e. The third-order valence-electron chi connectivity index (χ3n) is 2.48. The summed E-state index contributed by atoms with van der Waals surface area (Å²) in [5, 5.41) is 15.3. The van der Waals surface area contributed by atoms with Gasteiger partial charge in [-0.2, -0.15) is 0 Å². The summed E-state index contributed by atoms with van der Waals surface area (Å²) in [5.74, 6) is -4.83. The van der Waals surface area contributed by atoms with Crippen molar-refractivity contribution < 1.29 is 23.2 Å². The predicted octanol–water partition coefficient (Wildman–Crippen LogP) is 3.01. The summed E-state index contributed by atoms with van der Waals surface area (Å²) in [6, 6.07) is 0.821. The first-order chi connectivity index (χ1) is 9.92. The Kier molecular flexibility index (Phi) is 4.22. The quantitative estimate of drug-likeness (QED) is 0.519. The predicted molar refractivity (Wildman–Crippen MR) is 70.4 cm³/mol. The normalized spacial score (nSPS) is 11.5. The molecule has 0 aliphatic carbocycles. The average Bonchev–Trinajstić information content (AvgIpc) is 2.85. The summed E-state index contributed by atoms with van der Waals surface area (Å²) in [4.78, 5) is 15.7. The molecule has 0 radical (unpaired) electrons. The van der Waals surface area contributed by atoms with Crippen LogP contribution in [0.3, 0.4) is 0 Å². The summed E-state index contributed by atoms with van der Waals surface area (Å²) in [6.07, 6.45) is 0. The molecule has 1 heterocycles. The molecule has 2 N–H and O–H groups in total. The monoisotopic (exact) mass is 315 g/mol. The van der Waals surface area contributed by atoms with Crippen LogP contribution in [-0.2, 0) is 0 Å². The number of anilines is 1. The Morgan fingerprint density at radius 2 is 1.95 bits per heavy atom. The molecule has 0 spiro atoms. The number of carbonyl (C=O) groups excluding carboxylic acids is 1. The van der Waals surface area contributed by atoms with E-state index in [9.17, 15) is 18.0 Å². The first-order valence-electron chi connectivity index (χ1n) is 5.53. The van der Waals surface area contributed by atoms with E-state index >= 15 is 0 Å². The minimum absolute atomic E-state index is 0.0566. The highest BCUT2D eigenvalue weighted by atomic mass is 32.1. The number of nitrogens with zero attached hydrogens (tertiary/aromatic N) is 2. The van der Waals surface area contributed by atoms with Crippen LogP contribution in [0.5, 0.6) is 0 Å². The number of nitrogens with one attached hydrogen (secondary N) is 1. The van der Waals surface area contributed by atoms with Crippen molar-refractivity contribution in [2.75, 3.05) is 5.32 Å². The molecule has 1 aromatic heterocycles. The van der Waals surface area contributed by atoms with Crippen molar-refractivity contribution in [2.24, 2.45) is 5.16 Å². The van der Waals surface area contributed by atoms with Gasteiger partial charge in [0.1, 0.15) is 34.4 Å². The second-order valence-corrected chi connectivity index (χ2v) is 4.78. The summed E-state index contributed by atoms with van der Waals surface area (Å²) in [5.41, 5.74) is -0.385. The zero-order valence-corrected chi connectivity index (χ0v) is 11.3. The highest BCUT2D eigenvalue weighted by Crippen LogP contribution is 2.20. The average molecular weight is 315 g/mol. The molecule has 0 unspecified atom stereocenters. The molecule has 110 valence electrons. The molecule has 2 rings (SSSR count). The highest BCUT2D eigenvalue weighted by Gasteiger charge is 2.20. The summed E-state index contributed by atoms with van der Waals surface area (Å²) < 4.78 is 39.7. The minimum atomic E-state index is -1.31. The van der Waals surface area contributed by atoms with E-state index in [1.54, 1.807) is 0 Å². The number of aromatic nitrogens is 1. The number of hydrogen-bond donors (Lipinski definition) is 2. The molecule has 1 amide bonds. The summed E-state index contributed by atoms with van der Waals surface area (Å²) in [7, 11) is 0. The number of amides is 1. The SMILES string of the molecule is CC(=NO)c1csc(NC(=O)c2c(F)cc(F)cc2F)n1. The van der Waals surface area contributed by atoms with Gasteiger partial charge < -0.3 is 5.21 Å². The number of oxime groups is 1. The van der Waals surface area contributed by atoms with Crippen molar-refractivity contribution >= 4 is 28.1 Å². The fourth-order valence-electron chi connectivity index (χ4n) is 1.47. The van der Waals surface area contributed by atoms with Crippen LogP contribution < -0.4 is 5.32 Å². The largest absolute Gasteiger partial charge is 0.411 e. The second kappa shape index (κ2) is 5.92. The number of halogens is 3. The summed E-state index contributed by atoms with van der Waals surface area (Å²) in [6.45, 7) is 1.49. The van der Waals surface area contributed by atoms with Gasteiger partial charge in [-0.1, -0.05) is 5.16 Å². The Morgan fingerprint density at radius 1 is 1.33 bits per heavy atom. The highest BCUT2D eigenvalue weighted by molar-refractivity contribution is 7.14. The van der Waals surface area contributed by atoms with E-state index < -0.39 is 28.9 Å². The molecule has 0 atom stereocenters. The van der Waals surface area contributed by atoms with Gasteiger partial charge in [0, 0.05) is 17.5 Å². The maximum absolute atomic E-state index is 13.4. The Labute approximate surface area is 120 Å². The van der Waals surface area contributed by atoms with Gasteiger partial charge >= 0.3 is 0 Å². The van der Waals surface area contributed by atoms with Gasteiger partial charge in [-0.3, -0.25) is 10.1 Å². The lowest BCUT2D eigenvalue weighted by atomic mass is 10.2. The van der Waals surface area contributed by atoms with Gasteiger partial charge in [-0.15, -0.1) is 11.3 Å². The van der Waals surface area contributed by atoms with Crippen LogP contribution in [0.25, 0.3) is 0 Å². The maximum atomic E-state index is 13.4. The molecule has 2 aromatic rings. The zero-order valence-electron chi connectivity index (χ0n) is 10.5. The van der Waals surface area contributed by atoms with E-state index in [-0.39, 0.29) is 10.8 Å². The van der Waals surface area contributed by atoms with Crippen molar-refractivity contribution in [1.29, 1.82) is 0 Å². The van der Waals surface area contributed by atoms with Crippen molar-refractivity contribution in [3.63, 3.8) is 0 Å². The molecule has 1 aromatic carbocycles. The van der Waals surface area contributed by atoms with Crippen molar-refractivity contribution in [1.82, 2.24) is 4.98 Å². The van der Waals surface area contributed by atoms with Crippen molar-refractivity contribution in [3.05, 3.63) is 46.2 Å². The van der Waals surface area contributed by atoms with Gasteiger partial charge in [0.25, 0.3) is 5.91 Å². The van der Waals surface area contributed by atoms with E-state index in [0.717, 1.165) is 11.3 Å². The molecule has 0 aliphatic rings. The number of thiazole rings is 1. The van der Waals surface area contributed by atoms with Gasteiger partial charge in [0.05, 0.1) is 0 Å². The zero-order chi connectivity index (χ0) is 15.6. The maximum Gasteiger partial charge on any atom is 0.263 e.